The molecule has 0 fully saturated rings. The Labute approximate surface area is 94.0 Å². The van der Waals surface area contributed by atoms with Crippen LogP contribution in [0.4, 0.5) is 5.69 Å². The van der Waals surface area contributed by atoms with Gasteiger partial charge in [-0.15, -0.1) is 0 Å². The molecule has 0 amide bonds. The number of halogens is 1. The summed E-state index contributed by atoms with van der Waals surface area (Å²) in [6.45, 7) is 3.97. The van der Waals surface area contributed by atoms with Gasteiger partial charge in [0.1, 0.15) is 7.50 Å². The molecule has 1 aromatic carbocycles. The van der Waals surface area contributed by atoms with Crippen LogP contribution in [0.2, 0.25) is 0 Å². The molecule has 4 nitrogen and oxygen atoms in total. The van der Waals surface area contributed by atoms with Gasteiger partial charge in [0.05, 0.1) is 11.5 Å². The molecule has 0 saturated carbocycles. The highest BCUT2D eigenvalue weighted by Crippen LogP contribution is 2.38. The molecule has 0 N–H and O–H groups in total. The summed E-state index contributed by atoms with van der Waals surface area (Å²) in [7, 11) is -0.959. The summed E-state index contributed by atoms with van der Waals surface area (Å²) in [5, 5.41) is 10.5. The van der Waals surface area contributed by atoms with Crippen LogP contribution in [0.15, 0.2) is 18.2 Å². The van der Waals surface area contributed by atoms with E-state index >= 15 is 0 Å². The third-order valence-electron chi connectivity index (χ3n) is 1.94. The van der Waals surface area contributed by atoms with Crippen LogP contribution < -0.4 is 0 Å². The van der Waals surface area contributed by atoms with Crippen molar-refractivity contribution in [1.82, 2.24) is 0 Å². The van der Waals surface area contributed by atoms with E-state index in [9.17, 15) is 10.1 Å². The molecule has 0 aliphatic heterocycles. The Balaban J connectivity index is 2.85. The van der Waals surface area contributed by atoms with Gasteiger partial charge in [0.25, 0.3) is 5.69 Å². The average Bonchev–Trinajstić information content (AvgIpc) is 2.16. The zero-order chi connectivity index (χ0) is 11.4. The molecule has 1 rings (SSSR count). The second kappa shape index (κ2) is 5.40. The van der Waals surface area contributed by atoms with Gasteiger partial charge in [-0.25, -0.2) is 0 Å². The topological polar surface area (TPSA) is 52.4 Å². The number of rotatable bonds is 4. The van der Waals surface area contributed by atoms with Gasteiger partial charge in [0, 0.05) is 12.1 Å². The Morgan fingerprint density at radius 1 is 1.60 bits per heavy atom. The fraction of sp³-hybridized carbons (Fsp3) is 0.333. The summed E-state index contributed by atoms with van der Waals surface area (Å²) < 4.78 is 5.25. The molecule has 1 atom stereocenters. The quantitative estimate of drug-likeness (QED) is 0.464. The molecule has 0 aliphatic carbocycles. The molecule has 15 heavy (non-hydrogen) atoms. The average molecular weight is 248 g/mol. The maximum absolute atomic E-state index is 10.5. The first-order valence-corrected chi connectivity index (χ1v) is 6.88. The molecule has 0 radical (unpaired) electrons. The molecule has 82 valence electrons. The Morgan fingerprint density at radius 2 is 2.27 bits per heavy atom. The van der Waals surface area contributed by atoms with Crippen LogP contribution in [0, 0.1) is 17.0 Å². The van der Waals surface area contributed by atoms with Crippen LogP contribution in [0.5, 0.6) is 0 Å². The number of non-ortho nitro benzene ring substituents is 1. The number of nitro groups is 1. The number of hydrogen-bond donors (Lipinski definition) is 0. The number of hydrogen-bond acceptors (Lipinski definition) is 3. The van der Waals surface area contributed by atoms with E-state index in [1.165, 1.54) is 12.1 Å². The van der Waals surface area contributed by atoms with Gasteiger partial charge in [0.2, 0.25) is 0 Å². The van der Waals surface area contributed by atoms with Gasteiger partial charge in [-0.2, -0.15) is 0 Å². The van der Waals surface area contributed by atoms with E-state index < -0.39 is 12.4 Å². The van der Waals surface area contributed by atoms with Crippen molar-refractivity contribution < 1.29 is 9.45 Å². The maximum atomic E-state index is 10.5. The van der Waals surface area contributed by atoms with Crippen molar-refractivity contribution in [2.45, 2.75) is 13.5 Å². The Hall–Kier alpha value is -0.700. The lowest BCUT2D eigenvalue weighted by molar-refractivity contribution is -0.385. The van der Waals surface area contributed by atoms with E-state index in [2.05, 4.69) is 0 Å². The molecule has 0 aliphatic rings. The molecule has 0 spiro atoms. The minimum Gasteiger partial charge on any atom is -0.339 e. The van der Waals surface area contributed by atoms with E-state index in [-0.39, 0.29) is 5.69 Å². The molecule has 0 aromatic heterocycles. The first-order chi connectivity index (χ1) is 7.00. The fourth-order valence-electron chi connectivity index (χ4n) is 1.09. The summed E-state index contributed by atoms with van der Waals surface area (Å²) in [6, 6.07) is 4.71. The predicted molar refractivity (Wildman–Crippen MR) is 61.3 cm³/mol. The molecule has 0 bridgehead atoms. The lowest BCUT2D eigenvalue weighted by atomic mass is 10.1. The van der Waals surface area contributed by atoms with Gasteiger partial charge in [-0.1, -0.05) is 17.3 Å². The normalized spacial score (nSPS) is 12.5. The van der Waals surface area contributed by atoms with Crippen LogP contribution >= 0.6 is 18.7 Å². The lowest BCUT2D eigenvalue weighted by Gasteiger charge is -2.07. The third kappa shape index (κ3) is 3.74. The zero-order valence-electron chi connectivity index (χ0n) is 8.44. The molecule has 1 unspecified atom stereocenters. The van der Waals surface area contributed by atoms with Gasteiger partial charge in [0.15, 0.2) is 0 Å². The third-order valence-corrected chi connectivity index (χ3v) is 2.72. The lowest BCUT2D eigenvalue weighted by Crippen LogP contribution is -1.94. The summed E-state index contributed by atoms with van der Waals surface area (Å²) >= 11 is 5.69. The highest BCUT2D eigenvalue weighted by atomic mass is 35.7. The number of benzene rings is 1. The van der Waals surface area contributed by atoms with E-state index in [4.69, 9.17) is 15.8 Å². The SMILES string of the molecule is Cc1ccc([N+](=O)[O-])cc1COP(C)Cl. The highest BCUT2D eigenvalue weighted by Gasteiger charge is 2.09. The van der Waals surface area contributed by atoms with Gasteiger partial charge < -0.3 is 4.52 Å². The summed E-state index contributed by atoms with van der Waals surface area (Å²) in [5.41, 5.74) is 1.85. The van der Waals surface area contributed by atoms with Crippen LogP contribution in [0.1, 0.15) is 11.1 Å². The van der Waals surface area contributed by atoms with Crippen molar-refractivity contribution in [3.05, 3.63) is 39.4 Å². The number of nitro benzene ring substituents is 1. The Morgan fingerprint density at radius 3 is 2.80 bits per heavy atom. The van der Waals surface area contributed by atoms with Crippen LogP contribution in [-0.2, 0) is 11.1 Å². The van der Waals surface area contributed by atoms with E-state index in [0.717, 1.165) is 11.1 Å². The van der Waals surface area contributed by atoms with Crippen LogP contribution in [0.3, 0.4) is 0 Å². The summed E-state index contributed by atoms with van der Waals surface area (Å²) in [5.74, 6) is 0. The smallest absolute Gasteiger partial charge is 0.269 e. The minimum absolute atomic E-state index is 0.0780. The monoisotopic (exact) mass is 247 g/mol. The van der Waals surface area contributed by atoms with Crippen molar-refractivity contribution in [1.29, 1.82) is 0 Å². The first-order valence-electron chi connectivity index (χ1n) is 4.27. The highest BCUT2D eigenvalue weighted by molar-refractivity contribution is 7.79. The zero-order valence-corrected chi connectivity index (χ0v) is 10.1. The van der Waals surface area contributed by atoms with Gasteiger partial charge >= 0.3 is 0 Å². The van der Waals surface area contributed by atoms with Crippen molar-refractivity contribution >= 4 is 24.4 Å². The summed E-state index contributed by atoms with van der Waals surface area (Å²) in [6.07, 6.45) is 0. The van der Waals surface area contributed by atoms with Crippen molar-refractivity contribution in [3.8, 4) is 0 Å². The number of aryl methyl sites for hydroxylation is 1. The largest absolute Gasteiger partial charge is 0.339 e. The van der Waals surface area contributed by atoms with Crippen molar-refractivity contribution in [2.75, 3.05) is 6.66 Å². The second-order valence-electron chi connectivity index (χ2n) is 3.06. The second-order valence-corrected chi connectivity index (χ2v) is 5.59. The fourth-order valence-corrected chi connectivity index (χ4v) is 1.55. The number of nitrogens with zero attached hydrogens (tertiary/aromatic N) is 1. The maximum Gasteiger partial charge on any atom is 0.269 e. The Bertz CT molecular complexity index is 370. The van der Waals surface area contributed by atoms with Crippen LogP contribution in [0.25, 0.3) is 0 Å². The van der Waals surface area contributed by atoms with Gasteiger partial charge in [-0.3, -0.25) is 10.1 Å². The summed E-state index contributed by atoms with van der Waals surface area (Å²) in [4.78, 5) is 10.1. The van der Waals surface area contributed by atoms with E-state index in [1.807, 2.05) is 6.92 Å². The molecule has 0 heterocycles. The van der Waals surface area contributed by atoms with E-state index in [0.29, 0.717) is 6.61 Å². The molecular weight excluding hydrogens is 237 g/mol. The van der Waals surface area contributed by atoms with Gasteiger partial charge in [-0.05, 0) is 24.7 Å². The van der Waals surface area contributed by atoms with Crippen LogP contribution in [-0.4, -0.2) is 11.6 Å². The molecule has 0 saturated heterocycles. The van der Waals surface area contributed by atoms with Crippen molar-refractivity contribution in [2.24, 2.45) is 0 Å². The van der Waals surface area contributed by atoms with Crippen molar-refractivity contribution in [3.63, 3.8) is 0 Å². The molecular formula is C9H11ClNO3P. The standard InChI is InChI=1S/C9H11ClNO3P/c1-7-3-4-9(11(12)13)5-8(7)6-14-15(2)10/h3-5H,6H2,1-2H3. The molecule has 1 aromatic rings. The van der Waals surface area contributed by atoms with E-state index in [1.54, 1.807) is 12.7 Å². The minimum atomic E-state index is -0.959. The predicted octanol–water partition coefficient (Wildman–Crippen LogP) is 3.60. The first kappa shape index (κ1) is 12.4. The Kier molecular flexibility index (Phi) is 4.45. The molecule has 6 heteroatoms.